The zero-order valence-electron chi connectivity index (χ0n) is 9.49. The molecule has 0 amide bonds. The average Bonchev–Trinajstić information content (AvgIpc) is 2.18. The van der Waals surface area contributed by atoms with Gasteiger partial charge in [0.15, 0.2) is 0 Å². The van der Waals surface area contributed by atoms with Gasteiger partial charge in [-0.25, -0.2) is 4.79 Å². The van der Waals surface area contributed by atoms with Gasteiger partial charge in [-0.3, -0.25) is 0 Å². The molecular weight excluding hydrogens is 192 g/mol. The van der Waals surface area contributed by atoms with Crippen molar-refractivity contribution in [2.75, 3.05) is 25.6 Å². The molecule has 0 fully saturated rings. The number of ether oxygens (including phenoxy) is 1. The molecule has 84 valence electrons. The molecule has 1 aromatic carbocycles. The largest absolute Gasteiger partial charge is 0.462 e. The van der Waals surface area contributed by atoms with Gasteiger partial charge in [0, 0.05) is 14.1 Å². The van der Waals surface area contributed by atoms with E-state index < -0.39 is 0 Å². The van der Waals surface area contributed by atoms with E-state index >= 15 is 0 Å². The number of para-hydroxylation sites is 1. The van der Waals surface area contributed by atoms with E-state index in [1.165, 1.54) is 0 Å². The first-order valence-corrected chi connectivity index (χ1v) is 4.60. The molecule has 15 heavy (non-hydrogen) atoms. The van der Waals surface area contributed by atoms with Gasteiger partial charge in [-0.15, -0.1) is 0 Å². The van der Waals surface area contributed by atoms with E-state index in [1.807, 2.05) is 37.2 Å². The lowest BCUT2D eigenvalue weighted by Crippen LogP contribution is -2.15. The standard InChI is InChI=1S/C11H15NO2.H3N/c1-4-14-11(13)9-7-5-6-8-10(9)12(2)3;/h5-8H,4H2,1-3H3;1H3. The maximum absolute atomic E-state index is 11.5. The monoisotopic (exact) mass is 210 g/mol. The SMILES string of the molecule is CCOC(=O)c1ccccc1N(C)C.N. The molecule has 4 heteroatoms. The van der Waals surface area contributed by atoms with Crippen LogP contribution in [-0.2, 0) is 4.74 Å². The minimum Gasteiger partial charge on any atom is -0.462 e. The minimum atomic E-state index is -0.267. The molecule has 0 heterocycles. The lowest BCUT2D eigenvalue weighted by atomic mass is 10.1. The molecule has 1 aromatic rings. The number of carbonyl (C=O) groups excluding carboxylic acids is 1. The maximum Gasteiger partial charge on any atom is 0.340 e. The molecule has 0 aliphatic heterocycles. The molecule has 0 saturated heterocycles. The van der Waals surface area contributed by atoms with Crippen LogP contribution in [0.3, 0.4) is 0 Å². The summed E-state index contributed by atoms with van der Waals surface area (Å²) in [6.07, 6.45) is 0. The Morgan fingerprint density at radius 1 is 1.33 bits per heavy atom. The molecule has 3 N–H and O–H groups in total. The number of carbonyl (C=O) groups is 1. The van der Waals surface area contributed by atoms with Gasteiger partial charge >= 0.3 is 5.97 Å². The lowest BCUT2D eigenvalue weighted by Gasteiger charge is -2.15. The van der Waals surface area contributed by atoms with Gasteiger partial charge in [0.2, 0.25) is 0 Å². The van der Waals surface area contributed by atoms with Gasteiger partial charge < -0.3 is 15.8 Å². The maximum atomic E-state index is 11.5. The van der Waals surface area contributed by atoms with Crippen molar-refractivity contribution < 1.29 is 9.53 Å². The average molecular weight is 210 g/mol. The van der Waals surface area contributed by atoms with Gasteiger partial charge in [0.25, 0.3) is 0 Å². The van der Waals surface area contributed by atoms with Crippen molar-refractivity contribution in [1.29, 1.82) is 0 Å². The van der Waals surface area contributed by atoms with E-state index in [0.717, 1.165) is 5.69 Å². The summed E-state index contributed by atoms with van der Waals surface area (Å²) in [6.45, 7) is 2.21. The minimum absolute atomic E-state index is 0. The summed E-state index contributed by atoms with van der Waals surface area (Å²) in [4.78, 5) is 13.4. The van der Waals surface area contributed by atoms with Crippen molar-refractivity contribution in [3.8, 4) is 0 Å². The van der Waals surface area contributed by atoms with Crippen molar-refractivity contribution in [2.45, 2.75) is 6.92 Å². The summed E-state index contributed by atoms with van der Waals surface area (Å²) in [6, 6.07) is 7.40. The fourth-order valence-electron chi connectivity index (χ4n) is 1.25. The number of hydrogen-bond donors (Lipinski definition) is 1. The van der Waals surface area contributed by atoms with Crippen LogP contribution in [0.5, 0.6) is 0 Å². The predicted molar refractivity (Wildman–Crippen MR) is 61.7 cm³/mol. The molecule has 0 bridgehead atoms. The second kappa shape index (κ2) is 6.03. The Morgan fingerprint density at radius 3 is 2.47 bits per heavy atom. The second-order valence-corrected chi connectivity index (χ2v) is 3.13. The van der Waals surface area contributed by atoms with Crippen LogP contribution in [0.1, 0.15) is 17.3 Å². The van der Waals surface area contributed by atoms with Crippen LogP contribution < -0.4 is 11.1 Å². The molecular formula is C11H18N2O2. The Labute approximate surface area is 90.4 Å². The van der Waals surface area contributed by atoms with E-state index in [9.17, 15) is 4.79 Å². The third-order valence-electron chi connectivity index (χ3n) is 1.88. The molecule has 4 nitrogen and oxygen atoms in total. The van der Waals surface area contributed by atoms with E-state index in [-0.39, 0.29) is 12.1 Å². The third-order valence-corrected chi connectivity index (χ3v) is 1.88. The molecule has 1 rings (SSSR count). The number of hydrogen-bond acceptors (Lipinski definition) is 4. The van der Waals surface area contributed by atoms with E-state index in [4.69, 9.17) is 4.74 Å². The Morgan fingerprint density at radius 2 is 1.93 bits per heavy atom. The van der Waals surface area contributed by atoms with E-state index in [1.54, 1.807) is 13.0 Å². The fraction of sp³-hybridized carbons (Fsp3) is 0.364. The van der Waals surface area contributed by atoms with Gasteiger partial charge in [0.05, 0.1) is 17.9 Å². The van der Waals surface area contributed by atoms with Gasteiger partial charge in [-0.05, 0) is 19.1 Å². The number of nitrogens with zero attached hydrogens (tertiary/aromatic N) is 1. The Kier molecular flexibility index (Phi) is 5.41. The van der Waals surface area contributed by atoms with Gasteiger partial charge in [-0.1, -0.05) is 12.1 Å². The summed E-state index contributed by atoms with van der Waals surface area (Å²) >= 11 is 0. The van der Waals surface area contributed by atoms with Crippen molar-refractivity contribution in [2.24, 2.45) is 0 Å². The van der Waals surface area contributed by atoms with Gasteiger partial charge in [-0.2, -0.15) is 0 Å². The summed E-state index contributed by atoms with van der Waals surface area (Å²) in [5, 5.41) is 0. The zero-order valence-corrected chi connectivity index (χ0v) is 9.49. The smallest absolute Gasteiger partial charge is 0.340 e. The summed E-state index contributed by atoms with van der Waals surface area (Å²) in [5.74, 6) is -0.267. The molecule has 0 unspecified atom stereocenters. The van der Waals surface area contributed by atoms with Crippen LogP contribution >= 0.6 is 0 Å². The highest BCUT2D eigenvalue weighted by Gasteiger charge is 2.12. The molecule has 0 atom stereocenters. The van der Waals surface area contributed by atoms with Crippen molar-refractivity contribution >= 4 is 11.7 Å². The Balaban J connectivity index is 0.00000196. The van der Waals surface area contributed by atoms with Crippen molar-refractivity contribution in [3.63, 3.8) is 0 Å². The van der Waals surface area contributed by atoms with Crippen LogP contribution in [0.4, 0.5) is 5.69 Å². The molecule has 0 aliphatic carbocycles. The molecule has 0 radical (unpaired) electrons. The first-order valence-electron chi connectivity index (χ1n) is 4.60. The highest BCUT2D eigenvalue weighted by molar-refractivity contribution is 5.95. The van der Waals surface area contributed by atoms with Gasteiger partial charge in [0.1, 0.15) is 0 Å². The second-order valence-electron chi connectivity index (χ2n) is 3.13. The first kappa shape index (κ1) is 13.4. The molecule has 0 saturated carbocycles. The van der Waals surface area contributed by atoms with Crippen LogP contribution in [0.2, 0.25) is 0 Å². The van der Waals surface area contributed by atoms with Crippen LogP contribution in [-0.4, -0.2) is 26.7 Å². The van der Waals surface area contributed by atoms with E-state index in [2.05, 4.69) is 0 Å². The predicted octanol–water partition coefficient (Wildman–Crippen LogP) is 2.09. The summed E-state index contributed by atoms with van der Waals surface area (Å²) in [7, 11) is 3.80. The third kappa shape index (κ3) is 3.25. The normalized spacial score (nSPS) is 9.00. The highest BCUT2D eigenvalue weighted by Crippen LogP contribution is 2.18. The van der Waals surface area contributed by atoms with E-state index in [0.29, 0.717) is 12.2 Å². The number of esters is 1. The zero-order chi connectivity index (χ0) is 10.6. The van der Waals surface area contributed by atoms with Crippen LogP contribution in [0.25, 0.3) is 0 Å². The van der Waals surface area contributed by atoms with Crippen LogP contribution in [0.15, 0.2) is 24.3 Å². The number of benzene rings is 1. The molecule has 0 aliphatic rings. The van der Waals surface area contributed by atoms with Crippen molar-refractivity contribution in [3.05, 3.63) is 29.8 Å². The first-order chi connectivity index (χ1) is 6.66. The number of anilines is 1. The number of rotatable bonds is 3. The Hall–Kier alpha value is -1.55. The lowest BCUT2D eigenvalue weighted by molar-refractivity contribution is 0.0527. The highest BCUT2D eigenvalue weighted by atomic mass is 16.5. The van der Waals surface area contributed by atoms with Crippen molar-refractivity contribution in [1.82, 2.24) is 6.15 Å². The Bertz CT molecular complexity index is 324. The quantitative estimate of drug-likeness (QED) is 0.776. The fourth-order valence-corrected chi connectivity index (χ4v) is 1.25. The molecule has 0 spiro atoms. The van der Waals surface area contributed by atoms with Crippen LogP contribution in [0, 0.1) is 0 Å². The summed E-state index contributed by atoms with van der Waals surface area (Å²) < 4.78 is 4.95. The topological polar surface area (TPSA) is 64.5 Å². The summed E-state index contributed by atoms with van der Waals surface area (Å²) in [5.41, 5.74) is 1.49. The molecule has 0 aromatic heterocycles.